The van der Waals surface area contributed by atoms with Crippen LogP contribution in [0, 0.1) is 0 Å². The second kappa shape index (κ2) is 7.36. The highest BCUT2D eigenvalue weighted by Crippen LogP contribution is 2.06. The van der Waals surface area contributed by atoms with Crippen molar-refractivity contribution in [3.05, 3.63) is 35.9 Å². The lowest BCUT2D eigenvalue weighted by Crippen LogP contribution is -2.11. The molecule has 0 saturated carbocycles. The fourth-order valence-corrected chi connectivity index (χ4v) is 1.64. The predicted octanol–water partition coefficient (Wildman–Crippen LogP) is 2.16. The van der Waals surface area contributed by atoms with Crippen LogP contribution in [-0.2, 0) is 14.4 Å². The third kappa shape index (κ3) is 5.86. The van der Waals surface area contributed by atoms with Crippen molar-refractivity contribution >= 4 is 23.1 Å². The third-order valence-corrected chi connectivity index (χ3v) is 2.58. The largest absolute Gasteiger partial charge is 0.300 e. The quantitative estimate of drug-likeness (QED) is 0.530. The second-order valence-corrected chi connectivity index (χ2v) is 4.42. The molecule has 0 heterocycles. The molecule has 4 nitrogen and oxygen atoms in total. The molecule has 0 fully saturated rings. The van der Waals surface area contributed by atoms with Crippen LogP contribution in [0.2, 0.25) is 0 Å². The Labute approximate surface area is 111 Å². The normalized spacial score (nSPS) is 9.95. The molecule has 1 aromatic carbocycles. The van der Waals surface area contributed by atoms with Gasteiger partial charge < -0.3 is 0 Å². The van der Waals surface area contributed by atoms with Crippen LogP contribution in [0.1, 0.15) is 43.0 Å². The van der Waals surface area contributed by atoms with Crippen molar-refractivity contribution in [2.24, 2.45) is 0 Å². The molecule has 1 rings (SSSR count). The highest BCUT2D eigenvalue weighted by molar-refractivity contribution is 6.08. The average molecular weight is 260 g/mol. The first-order valence-electron chi connectivity index (χ1n) is 6.10. The monoisotopic (exact) mass is 260 g/mol. The molecule has 0 N–H and O–H groups in total. The fraction of sp³-hybridized carbons (Fsp3) is 0.333. The number of benzene rings is 1. The summed E-state index contributed by atoms with van der Waals surface area (Å²) in [5, 5.41) is 0. The van der Waals surface area contributed by atoms with Crippen LogP contribution < -0.4 is 0 Å². The number of hydrogen-bond acceptors (Lipinski definition) is 4. The van der Waals surface area contributed by atoms with E-state index in [1.807, 2.05) is 0 Å². The van der Waals surface area contributed by atoms with E-state index in [-0.39, 0.29) is 48.8 Å². The van der Waals surface area contributed by atoms with E-state index in [0.29, 0.717) is 5.56 Å². The summed E-state index contributed by atoms with van der Waals surface area (Å²) in [5.41, 5.74) is 0.492. The third-order valence-electron chi connectivity index (χ3n) is 2.58. The summed E-state index contributed by atoms with van der Waals surface area (Å²) in [6, 6.07) is 8.55. The Balaban J connectivity index is 2.38. The zero-order valence-electron chi connectivity index (χ0n) is 10.8. The summed E-state index contributed by atoms with van der Waals surface area (Å²) in [7, 11) is 0. The van der Waals surface area contributed by atoms with Gasteiger partial charge in [-0.1, -0.05) is 30.3 Å². The Bertz CT molecular complexity index is 488. The maximum Gasteiger partial charge on any atom is 0.170 e. The van der Waals surface area contributed by atoms with Gasteiger partial charge in [-0.25, -0.2) is 0 Å². The van der Waals surface area contributed by atoms with Crippen molar-refractivity contribution in [1.82, 2.24) is 0 Å². The molecule has 0 saturated heterocycles. The Morgan fingerprint density at radius 1 is 0.842 bits per heavy atom. The van der Waals surface area contributed by atoms with Gasteiger partial charge in [-0.2, -0.15) is 0 Å². The van der Waals surface area contributed by atoms with Crippen LogP contribution in [-0.4, -0.2) is 23.1 Å². The van der Waals surface area contributed by atoms with Gasteiger partial charge in [0.15, 0.2) is 5.78 Å². The summed E-state index contributed by atoms with van der Waals surface area (Å²) in [6.45, 7) is 1.33. The van der Waals surface area contributed by atoms with E-state index < -0.39 is 0 Å². The number of hydrogen-bond donors (Lipinski definition) is 0. The fourth-order valence-electron chi connectivity index (χ4n) is 1.64. The van der Waals surface area contributed by atoms with Crippen LogP contribution in [0.3, 0.4) is 0 Å². The first kappa shape index (κ1) is 15.0. The standard InChI is InChI=1S/C15H16O4/c1-11(16)9-13(17)7-8-14(18)10-15(19)12-5-3-2-4-6-12/h2-6H,7-10H2,1H3. The maximum absolute atomic E-state index is 11.7. The lowest BCUT2D eigenvalue weighted by Gasteiger charge is -2.01. The zero-order chi connectivity index (χ0) is 14.3. The Hall–Kier alpha value is -2.10. The van der Waals surface area contributed by atoms with Gasteiger partial charge in [0, 0.05) is 18.4 Å². The number of ketones is 4. The van der Waals surface area contributed by atoms with Crippen molar-refractivity contribution in [3.8, 4) is 0 Å². The smallest absolute Gasteiger partial charge is 0.170 e. The van der Waals surface area contributed by atoms with E-state index in [0.717, 1.165) is 0 Å². The van der Waals surface area contributed by atoms with Crippen molar-refractivity contribution in [2.75, 3.05) is 0 Å². The first-order valence-corrected chi connectivity index (χ1v) is 6.10. The van der Waals surface area contributed by atoms with Crippen LogP contribution >= 0.6 is 0 Å². The summed E-state index contributed by atoms with van der Waals surface area (Å²) < 4.78 is 0. The molecule has 100 valence electrons. The zero-order valence-corrected chi connectivity index (χ0v) is 10.8. The summed E-state index contributed by atoms with van der Waals surface area (Å²) in [6.07, 6.45) is -0.289. The Morgan fingerprint density at radius 3 is 1.89 bits per heavy atom. The van der Waals surface area contributed by atoms with Crippen LogP contribution in [0.15, 0.2) is 30.3 Å². The van der Waals surface area contributed by atoms with Crippen LogP contribution in [0.25, 0.3) is 0 Å². The SMILES string of the molecule is CC(=O)CC(=O)CCC(=O)CC(=O)c1ccccc1. The van der Waals surface area contributed by atoms with Gasteiger partial charge in [0.05, 0.1) is 12.8 Å². The highest BCUT2D eigenvalue weighted by atomic mass is 16.2. The van der Waals surface area contributed by atoms with Crippen LogP contribution in [0.5, 0.6) is 0 Å². The molecule has 0 atom stereocenters. The molecule has 0 radical (unpaired) electrons. The minimum Gasteiger partial charge on any atom is -0.300 e. The topological polar surface area (TPSA) is 68.3 Å². The van der Waals surface area contributed by atoms with Crippen molar-refractivity contribution in [1.29, 1.82) is 0 Å². The molecule has 0 aliphatic carbocycles. The van der Waals surface area contributed by atoms with Gasteiger partial charge in [-0.15, -0.1) is 0 Å². The lowest BCUT2D eigenvalue weighted by atomic mass is 10.0. The summed E-state index contributed by atoms with van der Waals surface area (Å²) in [4.78, 5) is 45.2. The molecule has 0 aliphatic rings. The van der Waals surface area contributed by atoms with Gasteiger partial charge >= 0.3 is 0 Å². The molecule has 4 heteroatoms. The van der Waals surface area contributed by atoms with E-state index in [2.05, 4.69) is 0 Å². The van der Waals surface area contributed by atoms with E-state index in [1.165, 1.54) is 6.92 Å². The molecular formula is C15H16O4. The van der Waals surface area contributed by atoms with Gasteiger partial charge in [-0.3, -0.25) is 19.2 Å². The highest BCUT2D eigenvalue weighted by Gasteiger charge is 2.13. The van der Waals surface area contributed by atoms with Crippen molar-refractivity contribution < 1.29 is 19.2 Å². The Kier molecular flexibility index (Phi) is 5.79. The minimum atomic E-state index is -0.272. The molecule has 0 unspecified atom stereocenters. The number of Topliss-reactive ketones (excluding diaryl/α,β-unsaturated/α-hetero) is 4. The summed E-state index contributed by atoms with van der Waals surface area (Å²) in [5.74, 6) is -0.985. The molecule has 0 spiro atoms. The maximum atomic E-state index is 11.7. The molecular weight excluding hydrogens is 244 g/mol. The Morgan fingerprint density at radius 2 is 1.37 bits per heavy atom. The molecule has 0 bridgehead atoms. The van der Waals surface area contributed by atoms with Gasteiger partial charge in [0.2, 0.25) is 0 Å². The number of carbonyl (C=O) groups is 4. The lowest BCUT2D eigenvalue weighted by molar-refractivity contribution is -0.128. The number of rotatable bonds is 8. The minimum absolute atomic E-state index is 0.0185. The van der Waals surface area contributed by atoms with Gasteiger partial charge in [0.25, 0.3) is 0 Å². The van der Waals surface area contributed by atoms with E-state index in [9.17, 15) is 19.2 Å². The summed E-state index contributed by atoms with van der Waals surface area (Å²) >= 11 is 0. The molecule has 0 aromatic heterocycles. The molecule has 19 heavy (non-hydrogen) atoms. The molecule has 1 aromatic rings. The van der Waals surface area contributed by atoms with Crippen molar-refractivity contribution in [3.63, 3.8) is 0 Å². The van der Waals surface area contributed by atoms with E-state index in [4.69, 9.17) is 0 Å². The van der Waals surface area contributed by atoms with E-state index >= 15 is 0 Å². The van der Waals surface area contributed by atoms with Gasteiger partial charge in [0.1, 0.15) is 17.3 Å². The first-order chi connectivity index (χ1) is 8.99. The van der Waals surface area contributed by atoms with Crippen LogP contribution in [0.4, 0.5) is 0 Å². The predicted molar refractivity (Wildman–Crippen MR) is 69.9 cm³/mol. The molecule has 0 amide bonds. The van der Waals surface area contributed by atoms with E-state index in [1.54, 1.807) is 30.3 Å². The van der Waals surface area contributed by atoms with Crippen molar-refractivity contribution in [2.45, 2.75) is 32.6 Å². The average Bonchev–Trinajstić information content (AvgIpc) is 2.36. The second-order valence-electron chi connectivity index (χ2n) is 4.42. The number of carbonyl (C=O) groups excluding carboxylic acids is 4. The molecule has 0 aliphatic heterocycles. The van der Waals surface area contributed by atoms with Gasteiger partial charge in [-0.05, 0) is 6.92 Å².